The van der Waals surface area contributed by atoms with E-state index in [4.69, 9.17) is 10.5 Å². The number of hydrogen-bond donors (Lipinski definition) is 3. The molecule has 0 aliphatic rings. The quantitative estimate of drug-likeness (QED) is 0.717. The van der Waals surface area contributed by atoms with Crippen LogP contribution < -0.4 is 20.5 Å². The Bertz CT molecular complexity index is 908. The first kappa shape index (κ1) is 18.3. The van der Waals surface area contributed by atoms with Gasteiger partial charge in [-0.2, -0.15) is 0 Å². The smallest absolute Gasteiger partial charge is 0.265 e. The second kappa shape index (κ2) is 7.22. The number of hydrogen-bond acceptors (Lipinski definition) is 5. The number of carbonyl (C=O) groups excluding carboxylic acids is 2. The minimum absolute atomic E-state index is 0.121. The Balaban J connectivity index is 2.37. The molecule has 0 atom stereocenters. The van der Waals surface area contributed by atoms with Gasteiger partial charge < -0.3 is 15.8 Å². The topological polar surface area (TPSA) is 128 Å². The number of ether oxygens (including phenoxy) is 1. The van der Waals surface area contributed by atoms with Crippen LogP contribution in [0.3, 0.4) is 0 Å². The lowest BCUT2D eigenvalue weighted by Gasteiger charge is -2.13. The predicted molar refractivity (Wildman–Crippen MR) is 93.1 cm³/mol. The van der Waals surface area contributed by atoms with Gasteiger partial charge in [-0.1, -0.05) is 0 Å². The highest BCUT2D eigenvalue weighted by molar-refractivity contribution is 7.92. The molecule has 0 spiro atoms. The van der Waals surface area contributed by atoms with Gasteiger partial charge in [0.1, 0.15) is 10.6 Å². The van der Waals surface area contributed by atoms with Crippen LogP contribution in [0.1, 0.15) is 17.3 Å². The average molecular weight is 363 g/mol. The Kier molecular flexibility index (Phi) is 5.28. The molecule has 2 aromatic rings. The summed E-state index contributed by atoms with van der Waals surface area (Å²) in [7, 11) is -2.65. The summed E-state index contributed by atoms with van der Waals surface area (Å²) in [5, 5.41) is 2.51. The highest BCUT2D eigenvalue weighted by Crippen LogP contribution is 2.29. The van der Waals surface area contributed by atoms with Crippen LogP contribution in [0.15, 0.2) is 47.4 Å². The third-order valence-electron chi connectivity index (χ3n) is 3.20. The SMILES string of the molecule is COc1ccc(NC(C)=O)cc1S(=O)(=O)Nc1ccc(C(N)=O)cc1. The summed E-state index contributed by atoms with van der Waals surface area (Å²) in [6, 6.07) is 9.91. The van der Waals surface area contributed by atoms with Crippen LogP contribution in [0, 0.1) is 0 Å². The summed E-state index contributed by atoms with van der Waals surface area (Å²) in [4.78, 5) is 22.1. The van der Waals surface area contributed by atoms with Crippen molar-refractivity contribution in [3.8, 4) is 5.75 Å². The highest BCUT2D eigenvalue weighted by atomic mass is 32.2. The van der Waals surface area contributed by atoms with Gasteiger partial charge >= 0.3 is 0 Å². The molecule has 0 aromatic heterocycles. The molecule has 0 unspecified atom stereocenters. The van der Waals surface area contributed by atoms with Crippen LogP contribution in [0.2, 0.25) is 0 Å². The molecule has 132 valence electrons. The van der Waals surface area contributed by atoms with E-state index in [1.807, 2.05) is 0 Å². The van der Waals surface area contributed by atoms with Crippen LogP contribution in [0.4, 0.5) is 11.4 Å². The van der Waals surface area contributed by atoms with Crippen molar-refractivity contribution in [3.05, 3.63) is 48.0 Å². The minimum atomic E-state index is -3.99. The van der Waals surface area contributed by atoms with E-state index in [9.17, 15) is 18.0 Å². The maximum Gasteiger partial charge on any atom is 0.265 e. The van der Waals surface area contributed by atoms with Gasteiger partial charge in [0.2, 0.25) is 11.8 Å². The zero-order valence-electron chi connectivity index (χ0n) is 13.6. The van der Waals surface area contributed by atoms with Gasteiger partial charge in [0, 0.05) is 23.9 Å². The maximum atomic E-state index is 12.6. The number of benzene rings is 2. The number of sulfonamides is 1. The first-order valence-electron chi connectivity index (χ1n) is 7.11. The van der Waals surface area contributed by atoms with Crippen molar-refractivity contribution in [1.82, 2.24) is 0 Å². The summed E-state index contributed by atoms with van der Waals surface area (Å²) in [6.07, 6.45) is 0. The van der Waals surface area contributed by atoms with E-state index in [0.29, 0.717) is 5.69 Å². The number of rotatable bonds is 6. The number of amides is 2. The fraction of sp³-hybridized carbons (Fsp3) is 0.125. The molecule has 0 aliphatic heterocycles. The van der Waals surface area contributed by atoms with E-state index in [-0.39, 0.29) is 27.8 Å². The van der Waals surface area contributed by atoms with Crippen molar-refractivity contribution in [2.24, 2.45) is 5.73 Å². The molecule has 0 heterocycles. The fourth-order valence-electron chi connectivity index (χ4n) is 2.08. The molecule has 8 nitrogen and oxygen atoms in total. The Morgan fingerprint density at radius 2 is 1.64 bits per heavy atom. The van der Waals surface area contributed by atoms with Gasteiger partial charge in [-0.05, 0) is 42.5 Å². The molecule has 4 N–H and O–H groups in total. The van der Waals surface area contributed by atoms with Crippen molar-refractivity contribution in [3.63, 3.8) is 0 Å². The summed E-state index contributed by atoms with van der Waals surface area (Å²) in [5.41, 5.74) is 5.97. The molecule has 0 saturated carbocycles. The number of nitrogens with two attached hydrogens (primary N) is 1. The normalized spacial score (nSPS) is 10.8. The lowest BCUT2D eigenvalue weighted by atomic mass is 10.2. The van der Waals surface area contributed by atoms with Crippen LogP contribution in [-0.4, -0.2) is 27.3 Å². The summed E-state index contributed by atoms with van der Waals surface area (Å²) >= 11 is 0. The minimum Gasteiger partial charge on any atom is -0.495 e. The zero-order chi connectivity index (χ0) is 18.6. The molecule has 2 rings (SSSR count). The van der Waals surface area contributed by atoms with E-state index in [2.05, 4.69) is 10.0 Å². The standard InChI is InChI=1S/C16H17N3O5S/c1-10(20)18-13-7-8-14(24-2)15(9-13)25(22,23)19-12-5-3-11(4-6-12)16(17)21/h3-9,19H,1-2H3,(H2,17,21)(H,18,20). The Hall–Kier alpha value is -3.07. The van der Waals surface area contributed by atoms with E-state index < -0.39 is 15.9 Å². The molecule has 0 aliphatic carbocycles. The van der Waals surface area contributed by atoms with Crippen molar-refractivity contribution in [2.75, 3.05) is 17.1 Å². The second-order valence-electron chi connectivity index (χ2n) is 5.09. The monoisotopic (exact) mass is 363 g/mol. The molecular weight excluding hydrogens is 346 g/mol. The molecule has 2 amide bonds. The van der Waals surface area contributed by atoms with Crippen LogP contribution in [-0.2, 0) is 14.8 Å². The molecule has 2 aromatic carbocycles. The summed E-state index contributed by atoms with van der Waals surface area (Å²) in [6.45, 7) is 1.32. The van der Waals surface area contributed by atoms with E-state index in [1.165, 1.54) is 56.5 Å². The van der Waals surface area contributed by atoms with Gasteiger partial charge in [0.15, 0.2) is 0 Å². The van der Waals surface area contributed by atoms with Crippen molar-refractivity contribution in [1.29, 1.82) is 0 Å². The first-order chi connectivity index (χ1) is 11.7. The lowest BCUT2D eigenvalue weighted by Crippen LogP contribution is -2.15. The number of methoxy groups -OCH3 is 1. The van der Waals surface area contributed by atoms with Crippen LogP contribution in [0.5, 0.6) is 5.75 Å². The van der Waals surface area contributed by atoms with E-state index >= 15 is 0 Å². The maximum absolute atomic E-state index is 12.6. The Morgan fingerprint density at radius 1 is 1.04 bits per heavy atom. The summed E-state index contributed by atoms with van der Waals surface area (Å²) < 4.78 is 32.8. The Labute approximate surface area is 145 Å². The third-order valence-corrected chi connectivity index (χ3v) is 4.60. The number of carbonyl (C=O) groups is 2. The van der Waals surface area contributed by atoms with Gasteiger partial charge in [0.05, 0.1) is 7.11 Å². The van der Waals surface area contributed by atoms with Crippen LogP contribution >= 0.6 is 0 Å². The molecule has 25 heavy (non-hydrogen) atoms. The van der Waals surface area contributed by atoms with Gasteiger partial charge in [-0.3, -0.25) is 14.3 Å². The Morgan fingerprint density at radius 3 is 2.16 bits per heavy atom. The molecular formula is C16H17N3O5S. The van der Waals surface area contributed by atoms with Crippen molar-refractivity contribution in [2.45, 2.75) is 11.8 Å². The van der Waals surface area contributed by atoms with Crippen LogP contribution in [0.25, 0.3) is 0 Å². The second-order valence-corrected chi connectivity index (χ2v) is 6.74. The number of nitrogens with one attached hydrogen (secondary N) is 2. The van der Waals surface area contributed by atoms with Crippen molar-refractivity contribution < 1.29 is 22.7 Å². The zero-order valence-corrected chi connectivity index (χ0v) is 14.4. The van der Waals surface area contributed by atoms with E-state index in [0.717, 1.165) is 0 Å². The first-order valence-corrected chi connectivity index (χ1v) is 8.59. The molecule has 9 heteroatoms. The highest BCUT2D eigenvalue weighted by Gasteiger charge is 2.21. The lowest BCUT2D eigenvalue weighted by molar-refractivity contribution is -0.114. The van der Waals surface area contributed by atoms with E-state index in [1.54, 1.807) is 0 Å². The number of primary amides is 1. The average Bonchev–Trinajstić information content (AvgIpc) is 2.54. The molecule has 0 saturated heterocycles. The molecule has 0 bridgehead atoms. The van der Waals surface area contributed by atoms with Gasteiger partial charge in [0.25, 0.3) is 10.0 Å². The third kappa shape index (κ3) is 4.48. The summed E-state index contributed by atoms with van der Waals surface area (Å²) in [5.74, 6) is -0.821. The van der Waals surface area contributed by atoms with Gasteiger partial charge in [-0.25, -0.2) is 8.42 Å². The molecule has 0 fully saturated rings. The van der Waals surface area contributed by atoms with Crippen molar-refractivity contribution >= 4 is 33.2 Å². The van der Waals surface area contributed by atoms with Gasteiger partial charge in [-0.15, -0.1) is 0 Å². The largest absolute Gasteiger partial charge is 0.495 e. The predicted octanol–water partition coefficient (Wildman–Crippen LogP) is 1.55. The molecule has 0 radical (unpaired) electrons. The number of anilines is 2. The fourth-order valence-corrected chi connectivity index (χ4v) is 3.34.